The first kappa shape index (κ1) is 40.5. The molecule has 0 aliphatic heterocycles. The van der Waals surface area contributed by atoms with E-state index in [0.717, 1.165) is 27.8 Å². The van der Waals surface area contributed by atoms with Gasteiger partial charge in [0.2, 0.25) is 23.6 Å². The van der Waals surface area contributed by atoms with Gasteiger partial charge >= 0.3 is 0 Å². The average molecular weight is 714 g/mol. The number of nitrogens with one attached hydrogen (secondary N) is 7. The van der Waals surface area contributed by atoms with E-state index in [4.69, 9.17) is 33.8 Å². The van der Waals surface area contributed by atoms with Gasteiger partial charge in [-0.25, -0.2) is 0 Å². The molecular formula is C37H51N11O4. The van der Waals surface area contributed by atoms with Crippen molar-refractivity contribution in [2.45, 2.75) is 69.6 Å². The van der Waals surface area contributed by atoms with Crippen molar-refractivity contribution in [3.05, 3.63) is 95.6 Å². The summed E-state index contributed by atoms with van der Waals surface area (Å²) < 4.78 is 0. The molecule has 0 fully saturated rings. The van der Waals surface area contributed by atoms with Crippen LogP contribution < -0.4 is 49.5 Å². The van der Waals surface area contributed by atoms with Crippen LogP contribution in [0.5, 0.6) is 0 Å². The minimum absolute atomic E-state index is 0.0590. The SMILES string of the molecule is Cc1ccc(C[C@H](N)C(=O)N[C@@H](CCCNC(=N)N)C(=O)N[C@@H](Cc2ccc(-c3ccccc3)cc2)C(=O)N[C@@H](CCCNC(=N)N)C(N)=O)cc1. The van der Waals surface area contributed by atoms with Crippen LogP contribution in [0.1, 0.15) is 42.4 Å². The van der Waals surface area contributed by atoms with E-state index in [2.05, 4.69) is 26.6 Å². The minimum Gasteiger partial charge on any atom is -0.370 e. The highest BCUT2D eigenvalue weighted by Gasteiger charge is 2.30. The fourth-order valence-corrected chi connectivity index (χ4v) is 5.42. The number of guanidine groups is 2. The summed E-state index contributed by atoms with van der Waals surface area (Å²) in [5.74, 6) is -3.06. The van der Waals surface area contributed by atoms with E-state index < -0.39 is 47.8 Å². The first-order valence-electron chi connectivity index (χ1n) is 17.1. The van der Waals surface area contributed by atoms with Crippen LogP contribution in [0.2, 0.25) is 0 Å². The van der Waals surface area contributed by atoms with Crippen molar-refractivity contribution in [1.82, 2.24) is 26.6 Å². The van der Waals surface area contributed by atoms with Crippen molar-refractivity contribution < 1.29 is 19.2 Å². The molecule has 15 N–H and O–H groups in total. The van der Waals surface area contributed by atoms with E-state index in [9.17, 15) is 19.2 Å². The van der Waals surface area contributed by atoms with Crippen LogP contribution in [0.15, 0.2) is 78.9 Å². The normalized spacial score (nSPS) is 13.0. The Morgan fingerprint density at radius 2 is 1.06 bits per heavy atom. The zero-order valence-corrected chi connectivity index (χ0v) is 29.4. The third-order valence-corrected chi connectivity index (χ3v) is 8.31. The first-order valence-corrected chi connectivity index (χ1v) is 17.1. The van der Waals surface area contributed by atoms with Gasteiger partial charge in [0.05, 0.1) is 6.04 Å². The number of carbonyl (C=O) groups excluding carboxylic acids is 4. The number of rotatable bonds is 20. The Morgan fingerprint density at radius 3 is 1.62 bits per heavy atom. The van der Waals surface area contributed by atoms with Crippen molar-refractivity contribution in [2.24, 2.45) is 22.9 Å². The van der Waals surface area contributed by atoms with Gasteiger partial charge in [-0.3, -0.25) is 30.0 Å². The summed E-state index contributed by atoms with van der Waals surface area (Å²) in [5, 5.41) is 28.3. The highest BCUT2D eigenvalue weighted by atomic mass is 16.2. The molecule has 4 atom stereocenters. The highest BCUT2D eigenvalue weighted by molar-refractivity contribution is 5.94. The predicted molar refractivity (Wildman–Crippen MR) is 202 cm³/mol. The lowest BCUT2D eigenvalue weighted by Gasteiger charge is -2.26. The Kier molecular flexibility index (Phi) is 16.1. The van der Waals surface area contributed by atoms with Crippen LogP contribution in [-0.4, -0.2) is 72.8 Å². The summed E-state index contributed by atoms with van der Waals surface area (Å²) in [6.45, 7) is 2.51. The molecule has 15 heteroatoms. The molecule has 4 amide bonds. The van der Waals surface area contributed by atoms with Crippen molar-refractivity contribution in [3.63, 3.8) is 0 Å². The third-order valence-electron chi connectivity index (χ3n) is 8.31. The quantitative estimate of drug-likeness (QED) is 0.0434. The molecule has 3 aromatic carbocycles. The largest absolute Gasteiger partial charge is 0.370 e. The summed E-state index contributed by atoms with van der Waals surface area (Å²) >= 11 is 0. The number of aryl methyl sites for hydroxylation is 1. The van der Waals surface area contributed by atoms with Crippen LogP contribution in [0.3, 0.4) is 0 Å². The number of carbonyl (C=O) groups is 4. The Hall–Kier alpha value is -5.96. The standard InChI is InChI=1S/C37H51N11O4/c1-23-11-13-24(14-12-23)21-28(38)33(50)47-30(10-6-20-45-37(42)43)34(51)48-31(35(52)46-29(32(39)49)9-5-19-44-36(40)41)22-25-15-17-27(18-16-25)26-7-3-2-4-8-26/h2-4,7-8,11-18,28-31H,5-6,9-10,19-22,38H2,1H3,(H2,39,49)(H,46,52)(H,47,50)(H,48,51)(H4,40,41,44)(H4,42,43,45)/t28-,29-,30-,31-/m0/s1. The van der Waals surface area contributed by atoms with Crippen LogP contribution in [0.4, 0.5) is 0 Å². The molecule has 0 aromatic heterocycles. The highest BCUT2D eigenvalue weighted by Crippen LogP contribution is 2.20. The van der Waals surface area contributed by atoms with Crippen molar-refractivity contribution >= 4 is 35.5 Å². The minimum atomic E-state index is -1.16. The fraction of sp³-hybridized carbons (Fsp3) is 0.351. The zero-order chi connectivity index (χ0) is 38.0. The summed E-state index contributed by atoms with van der Waals surface area (Å²) in [7, 11) is 0. The van der Waals surface area contributed by atoms with Gasteiger partial charge < -0.3 is 49.5 Å². The maximum atomic E-state index is 13.9. The Morgan fingerprint density at radius 1 is 0.596 bits per heavy atom. The van der Waals surface area contributed by atoms with E-state index in [1.54, 1.807) is 0 Å². The molecule has 278 valence electrons. The van der Waals surface area contributed by atoms with E-state index >= 15 is 0 Å². The lowest BCUT2D eigenvalue weighted by Crippen LogP contribution is -2.58. The van der Waals surface area contributed by atoms with Gasteiger partial charge in [-0.2, -0.15) is 0 Å². The van der Waals surface area contributed by atoms with Crippen LogP contribution >= 0.6 is 0 Å². The summed E-state index contributed by atoms with van der Waals surface area (Å²) in [6.07, 6.45) is 1.32. The van der Waals surface area contributed by atoms with Gasteiger partial charge in [0.1, 0.15) is 18.1 Å². The average Bonchev–Trinajstić information content (AvgIpc) is 3.11. The number of benzene rings is 3. The maximum absolute atomic E-state index is 13.9. The molecule has 0 heterocycles. The smallest absolute Gasteiger partial charge is 0.243 e. The van der Waals surface area contributed by atoms with Crippen LogP contribution in [0.25, 0.3) is 11.1 Å². The van der Waals surface area contributed by atoms with E-state index in [-0.39, 0.29) is 50.7 Å². The Labute approximate surface area is 304 Å². The Bertz CT molecular complexity index is 1650. The van der Waals surface area contributed by atoms with Crippen LogP contribution in [0, 0.1) is 17.7 Å². The lowest BCUT2D eigenvalue weighted by molar-refractivity contribution is -0.133. The van der Waals surface area contributed by atoms with Crippen molar-refractivity contribution in [2.75, 3.05) is 13.1 Å². The van der Waals surface area contributed by atoms with E-state index in [1.165, 1.54) is 0 Å². The fourth-order valence-electron chi connectivity index (χ4n) is 5.42. The number of hydrogen-bond donors (Lipinski definition) is 11. The Balaban J connectivity index is 1.82. The first-order chi connectivity index (χ1) is 24.8. The van der Waals surface area contributed by atoms with Gasteiger partial charge in [-0.15, -0.1) is 0 Å². The number of primary amides is 1. The molecule has 0 radical (unpaired) electrons. The summed E-state index contributed by atoms with van der Waals surface area (Å²) in [6, 6.07) is 20.6. The lowest BCUT2D eigenvalue weighted by atomic mass is 9.99. The molecule has 3 aromatic rings. The second-order valence-electron chi connectivity index (χ2n) is 12.6. The molecule has 0 unspecified atom stereocenters. The molecule has 0 aliphatic rings. The summed E-state index contributed by atoms with van der Waals surface area (Å²) in [5.41, 5.74) is 27.2. The molecule has 15 nitrogen and oxygen atoms in total. The van der Waals surface area contributed by atoms with E-state index in [0.29, 0.717) is 12.8 Å². The second kappa shape index (κ2) is 20.7. The number of hydrogen-bond acceptors (Lipinski definition) is 7. The second-order valence-corrected chi connectivity index (χ2v) is 12.6. The van der Waals surface area contributed by atoms with Crippen molar-refractivity contribution in [3.8, 4) is 11.1 Å². The van der Waals surface area contributed by atoms with Gasteiger partial charge in [-0.05, 0) is 61.3 Å². The van der Waals surface area contributed by atoms with Gasteiger partial charge in [-0.1, -0.05) is 84.4 Å². The topological polar surface area (TPSA) is 280 Å². The van der Waals surface area contributed by atoms with Gasteiger partial charge in [0, 0.05) is 19.5 Å². The molecule has 0 spiro atoms. The maximum Gasteiger partial charge on any atom is 0.243 e. The zero-order valence-electron chi connectivity index (χ0n) is 29.4. The summed E-state index contributed by atoms with van der Waals surface area (Å²) in [4.78, 5) is 53.3. The molecule has 0 aliphatic carbocycles. The third kappa shape index (κ3) is 14.1. The van der Waals surface area contributed by atoms with Crippen molar-refractivity contribution in [1.29, 1.82) is 10.8 Å². The molecule has 3 rings (SSSR count). The molecule has 0 saturated carbocycles. The molecular weight excluding hydrogens is 662 g/mol. The number of nitrogens with two attached hydrogens (primary N) is 4. The van der Waals surface area contributed by atoms with Crippen LogP contribution in [-0.2, 0) is 32.0 Å². The molecule has 0 bridgehead atoms. The monoisotopic (exact) mass is 713 g/mol. The molecule has 0 saturated heterocycles. The van der Waals surface area contributed by atoms with E-state index in [1.807, 2.05) is 85.8 Å². The molecule has 52 heavy (non-hydrogen) atoms. The number of amides is 4. The van der Waals surface area contributed by atoms with Gasteiger partial charge in [0.25, 0.3) is 0 Å². The van der Waals surface area contributed by atoms with Gasteiger partial charge in [0.15, 0.2) is 11.9 Å². The predicted octanol–water partition coefficient (Wildman–Crippen LogP) is 0.241.